The second-order valence-corrected chi connectivity index (χ2v) is 8.49. The molecule has 0 saturated carbocycles. The smallest absolute Gasteiger partial charge is 0.0601 e. The Bertz CT molecular complexity index is 973. The van der Waals surface area contributed by atoms with Crippen molar-refractivity contribution in [1.29, 1.82) is 0 Å². The molecule has 1 nitrogen and oxygen atoms in total. The first-order valence-electron chi connectivity index (χ1n) is 9.45. The lowest BCUT2D eigenvalue weighted by atomic mass is 9.96. The molecular formula is C25H25NS. The van der Waals surface area contributed by atoms with Crippen LogP contribution < -0.4 is 4.90 Å². The number of nitrogens with zero attached hydrogens (tertiary/aromatic N) is 1. The maximum atomic E-state index is 4.11. The van der Waals surface area contributed by atoms with Gasteiger partial charge in [0, 0.05) is 15.5 Å². The van der Waals surface area contributed by atoms with Crippen molar-refractivity contribution in [2.45, 2.75) is 43.4 Å². The maximum absolute atomic E-state index is 4.11. The molecule has 0 unspecified atom stereocenters. The van der Waals surface area contributed by atoms with Crippen LogP contribution in [-0.2, 0) is 6.42 Å². The molecule has 0 bridgehead atoms. The van der Waals surface area contributed by atoms with E-state index in [1.54, 1.807) is 0 Å². The topological polar surface area (TPSA) is 3.24 Å². The zero-order valence-corrected chi connectivity index (χ0v) is 17.1. The Hall–Kier alpha value is -2.45. The van der Waals surface area contributed by atoms with Crippen LogP contribution in [0.4, 0.5) is 17.1 Å². The second kappa shape index (κ2) is 7.28. The van der Waals surface area contributed by atoms with Crippen LogP contribution in [0.5, 0.6) is 0 Å². The SMILES string of the molecule is C=C(C)CCc1c(C)cc(C)cc1N1c2ccccc2Sc2ccccc21. The summed E-state index contributed by atoms with van der Waals surface area (Å²) in [4.78, 5) is 5.07. The highest BCUT2D eigenvalue weighted by Crippen LogP contribution is 2.52. The summed E-state index contributed by atoms with van der Waals surface area (Å²) >= 11 is 1.86. The largest absolute Gasteiger partial charge is 0.308 e. The van der Waals surface area contributed by atoms with Crippen LogP contribution in [0.3, 0.4) is 0 Å². The number of allylic oxidation sites excluding steroid dienone is 1. The molecule has 0 saturated heterocycles. The first-order chi connectivity index (χ1) is 13.0. The van der Waals surface area contributed by atoms with Crippen molar-refractivity contribution in [3.63, 3.8) is 0 Å². The summed E-state index contributed by atoms with van der Waals surface area (Å²) in [6.07, 6.45) is 2.04. The zero-order chi connectivity index (χ0) is 19.0. The van der Waals surface area contributed by atoms with Crippen LogP contribution in [0.1, 0.15) is 30.0 Å². The lowest BCUT2D eigenvalue weighted by Gasteiger charge is -2.35. The number of fused-ring (bicyclic) bond motifs is 2. The average Bonchev–Trinajstić information content (AvgIpc) is 2.64. The Labute approximate surface area is 166 Å². The van der Waals surface area contributed by atoms with Crippen molar-refractivity contribution >= 4 is 28.8 Å². The minimum atomic E-state index is 1.02. The van der Waals surface area contributed by atoms with E-state index >= 15 is 0 Å². The molecule has 27 heavy (non-hydrogen) atoms. The molecule has 4 rings (SSSR count). The molecule has 0 aliphatic carbocycles. The van der Waals surface area contributed by atoms with Gasteiger partial charge in [-0.05, 0) is 80.6 Å². The van der Waals surface area contributed by atoms with Crippen LogP contribution in [0.2, 0.25) is 0 Å². The van der Waals surface area contributed by atoms with E-state index in [0.717, 1.165) is 12.8 Å². The molecule has 0 atom stereocenters. The number of aryl methyl sites for hydroxylation is 2. The van der Waals surface area contributed by atoms with Gasteiger partial charge in [0.05, 0.1) is 11.4 Å². The van der Waals surface area contributed by atoms with Gasteiger partial charge in [0.25, 0.3) is 0 Å². The van der Waals surface area contributed by atoms with Crippen molar-refractivity contribution in [3.05, 3.63) is 89.5 Å². The third-order valence-corrected chi connectivity index (χ3v) is 6.20. The van der Waals surface area contributed by atoms with Gasteiger partial charge >= 0.3 is 0 Å². The number of benzene rings is 3. The van der Waals surface area contributed by atoms with Crippen LogP contribution in [0.25, 0.3) is 0 Å². The molecule has 136 valence electrons. The Morgan fingerprint density at radius 1 is 0.889 bits per heavy atom. The summed E-state index contributed by atoms with van der Waals surface area (Å²) in [5.41, 5.74) is 9.14. The van der Waals surface area contributed by atoms with E-state index < -0.39 is 0 Å². The quantitative estimate of drug-likeness (QED) is 0.337. The summed E-state index contributed by atoms with van der Waals surface area (Å²) < 4.78 is 0. The van der Waals surface area contributed by atoms with Gasteiger partial charge in [-0.15, -0.1) is 6.58 Å². The molecule has 0 amide bonds. The molecule has 0 aromatic heterocycles. The lowest BCUT2D eigenvalue weighted by molar-refractivity contribution is 0.929. The normalized spacial score (nSPS) is 12.5. The molecule has 0 spiro atoms. The Morgan fingerprint density at radius 2 is 1.48 bits per heavy atom. The summed E-state index contributed by atoms with van der Waals surface area (Å²) in [6, 6.07) is 22.1. The summed E-state index contributed by atoms with van der Waals surface area (Å²) in [5.74, 6) is 0. The molecule has 1 aliphatic heterocycles. The van der Waals surface area contributed by atoms with E-state index in [1.807, 2.05) is 11.8 Å². The molecule has 0 radical (unpaired) electrons. The molecule has 0 fully saturated rings. The number of hydrogen-bond donors (Lipinski definition) is 0. The fourth-order valence-electron chi connectivity index (χ4n) is 3.80. The zero-order valence-electron chi connectivity index (χ0n) is 16.3. The van der Waals surface area contributed by atoms with Crippen LogP contribution in [0.15, 0.2) is 82.6 Å². The standard InChI is InChI=1S/C25H25NS/c1-17(2)13-14-20-19(4)15-18(3)16-23(20)26-21-9-5-7-11-24(21)27-25-12-8-6-10-22(25)26/h5-12,15-16H,1,13-14H2,2-4H3. The second-order valence-electron chi connectivity index (χ2n) is 7.41. The van der Waals surface area contributed by atoms with Gasteiger partial charge in [-0.2, -0.15) is 0 Å². The molecule has 1 heterocycles. The van der Waals surface area contributed by atoms with Crippen molar-refractivity contribution in [2.24, 2.45) is 0 Å². The Balaban J connectivity index is 1.95. The molecular weight excluding hydrogens is 346 g/mol. The van der Waals surface area contributed by atoms with Crippen molar-refractivity contribution in [3.8, 4) is 0 Å². The fraction of sp³-hybridized carbons (Fsp3) is 0.200. The van der Waals surface area contributed by atoms with Crippen LogP contribution >= 0.6 is 11.8 Å². The number of anilines is 3. The van der Waals surface area contributed by atoms with Crippen molar-refractivity contribution in [1.82, 2.24) is 0 Å². The number of para-hydroxylation sites is 2. The highest BCUT2D eigenvalue weighted by molar-refractivity contribution is 7.99. The summed E-state index contributed by atoms with van der Waals surface area (Å²) in [6.45, 7) is 10.7. The minimum absolute atomic E-state index is 1.02. The molecule has 3 aromatic carbocycles. The van der Waals surface area contributed by atoms with Gasteiger partial charge in [0.15, 0.2) is 0 Å². The predicted molar refractivity (Wildman–Crippen MR) is 118 cm³/mol. The fourth-order valence-corrected chi connectivity index (χ4v) is 4.86. The van der Waals surface area contributed by atoms with Gasteiger partial charge in [-0.25, -0.2) is 0 Å². The monoisotopic (exact) mass is 371 g/mol. The first kappa shape index (κ1) is 17.9. The highest BCUT2D eigenvalue weighted by atomic mass is 32.2. The van der Waals surface area contributed by atoms with Gasteiger partial charge in [-0.1, -0.05) is 47.7 Å². The maximum Gasteiger partial charge on any atom is 0.0601 e. The predicted octanol–water partition coefficient (Wildman–Crippen LogP) is 7.75. The van der Waals surface area contributed by atoms with E-state index in [4.69, 9.17) is 0 Å². The summed E-state index contributed by atoms with van der Waals surface area (Å²) in [5, 5.41) is 0. The van der Waals surface area contributed by atoms with E-state index in [1.165, 1.54) is 49.1 Å². The molecule has 2 heteroatoms. The third kappa shape index (κ3) is 3.42. The van der Waals surface area contributed by atoms with Crippen LogP contribution in [-0.4, -0.2) is 0 Å². The molecule has 3 aromatic rings. The molecule has 1 aliphatic rings. The van der Waals surface area contributed by atoms with Crippen molar-refractivity contribution in [2.75, 3.05) is 4.90 Å². The van der Waals surface area contributed by atoms with Crippen LogP contribution in [0, 0.1) is 13.8 Å². The average molecular weight is 372 g/mol. The van der Waals surface area contributed by atoms with Gasteiger partial charge < -0.3 is 4.90 Å². The Kier molecular flexibility index (Phi) is 4.84. The Morgan fingerprint density at radius 3 is 2.07 bits per heavy atom. The van der Waals surface area contributed by atoms with Crippen molar-refractivity contribution < 1.29 is 0 Å². The third-order valence-electron chi connectivity index (χ3n) is 5.07. The van der Waals surface area contributed by atoms with E-state index in [-0.39, 0.29) is 0 Å². The van der Waals surface area contributed by atoms with E-state index in [0.29, 0.717) is 0 Å². The number of rotatable bonds is 4. The highest BCUT2D eigenvalue weighted by Gasteiger charge is 2.26. The molecule has 0 N–H and O–H groups in total. The first-order valence-corrected chi connectivity index (χ1v) is 10.3. The van der Waals surface area contributed by atoms with Gasteiger partial charge in [0.2, 0.25) is 0 Å². The van der Waals surface area contributed by atoms with E-state index in [2.05, 4.69) is 92.9 Å². The summed E-state index contributed by atoms with van der Waals surface area (Å²) in [7, 11) is 0. The minimum Gasteiger partial charge on any atom is -0.308 e. The van der Waals surface area contributed by atoms with Gasteiger partial charge in [0.1, 0.15) is 0 Å². The van der Waals surface area contributed by atoms with Gasteiger partial charge in [-0.3, -0.25) is 0 Å². The van der Waals surface area contributed by atoms with E-state index in [9.17, 15) is 0 Å². The lowest BCUT2D eigenvalue weighted by Crippen LogP contribution is -2.17. The number of hydrogen-bond acceptors (Lipinski definition) is 2.